The van der Waals surface area contributed by atoms with Gasteiger partial charge in [-0.1, -0.05) is 6.42 Å². The summed E-state index contributed by atoms with van der Waals surface area (Å²) in [5.41, 5.74) is 0. The third-order valence-electron chi connectivity index (χ3n) is 1.84. The summed E-state index contributed by atoms with van der Waals surface area (Å²) in [6.45, 7) is 4.52. The highest BCUT2D eigenvalue weighted by Gasteiger charge is 2.11. The van der Waals surface area contributed by atoms with Gasteiger partial charge >= 0.3 is 0 Å². The molecule has 0 radical (unpaired) electrons. The summed E-state index contributed by atoms with van der Waals surface area (Å²) in [5.74, 6) is 0. The van der Waals surface area contributed by atoms with Crippen molar-refractivity contribution in [2.75, 3.05) is 0 Å². The standard InChI is InChI=1S/C7H15N/c1-6-4-3-5-7(2)8-6/h6-8H,3-5H2,1-2H3/t6-,7-/m1/s1. The van der Waals surface area contributed by atoms with Crippen LogP contribution in [0.4, 0.5) is 0 Å². The van der Waals surface area contributed by atoms with Crippen molar-refractivity contribution < 1.29 is 0 Å². The van der Waals surface area contributed by atoms with Crippen molar-refractivity contribution in [1.82, 2.24) is 5.32 Å². The molecule has 0 amide bonds. The monoisotopic (exact) mass is 113 g/mol. The molecular formula is C7H15N. The molecule has 2 atom stereocenters. The van der Waals surface area contributed by atoms with Crippen LogP contribution >= 0.6 is 0 Å². The molecule has 0 aromatic carbocycles. The first-order chi connectivity index (χ1) is 3.79. The van der Waals surface area contributed by atoms with Gasteiger partial charge in [0.25, 0.3) is 0 Å². The summed E-state index contributed by atoms with van der Waals surface area (Å²) in [5, 5.41) is 3.48. The van der Waals surface area contributed by atoms with Gasteiger partial charge in [0.2, 0.25) is 0 Å². The van der Waals surface area contributed by atoms with Gasteiger partial charge in [-0.25, -0.2) is 0 Å². The quantitative estimate of drug-likeness (QED) is 0.502. The normalized spacial score (nSPS) is 39.8. The summed E-state index contributed by atoms with van der Waals surface area (Å²) >= 11 is 0. The molecule has 0 saturated carbocycles. The number of rotatable bonds is 0. The van der Waals surface area contributed by atoms with Gasteiger partial charge in [-0.15, -0.1) is 0 Å². The highest BCUT2D eigenvalue weighted by molar-refractivity contribution is 4.73. The summed E-state index contributed by atoms with van der Waals surface area (Å²) in [4.78, 5) is 0. The fourth-order valence-electron chi connectivity index (χ4n) is 1.38. The van der Waals surface area contributed by atoms with Gasteiger partial charge in [0.15, 0.2) is 0 Å². The van der Waals surface area contributed by atoms with E-state index in [1.807, 2.05) is 0 Å². The Bertz CT molecular complexity index is 62.8. The molecule has 0 spiro atoms. The van der Waals surface area contributed by atoms with Crippen molar-refractivity contribution in [2.24, 2.45) is 0 Å². The molecule has 1 aliphatic heterocycles. The highest BCUT2D eigenvalue weighted by atomic mass is 14.9. The third-order valence-corrected chi connectivity index (χ3v) is 1.84. The van der Waals surface area contributed by atoms with E-state index in [2.05, 4.69) is 19.2 Å². The molecule has 1 heteroatoms. The maximum absolute atomic E-state index is 3.48. The summed E-state index contributed by atoms with van der Waals surface area (Å²) in [6.07, 6.45) is 4.14. The second-order valence-corrected chi connectivity index (χ2v) is 2.90. The van der Waals surface area contributed by atoms with E-state index >= 15 is 0 Å². The van der Waals surface area contributed by atoms with Crippen LogP contribution < -0.4 is 5.32 Å². The van der Waals surface area contributed by atoms with Crippen molar-refractivity contribution in [3.63, 3.8) is 0 Å². The highest BCUT2D eigenvalue weighted by Crippen LogP contribution is 2.10. The first-order valence-corrected chi connectivity index (χ1v) is 3.55. The Hall–Kier alpha value is -0.0400. The molecule has 0 bridgehead atoms. The molecule has 0 aromatic rings. The van der Waals surface area contributed by atoms with Crippen molar-refractivity contribution in [3.05, 3.63) is 0 Å². The molecule has 1 fully saturated rings. The Morgan fingerprint density at radius 1 is 1.12 bits per heavy atom. The van der Waals surface area contributed by atoms with E-state index in [4.69, 9.17) is 0 Å². The van der Waals surface area contributed by atoms with E-state index in [0.717, 1.165) is 12.1 Å². The molecule has 1 nitrogen and oxygen atoms in total. The second-order valence-electron chi connectivity index (χ2n) is 2.90. The zero-order valence-electron chi connectivity index (χ0n) is 5.78. The van der Waals surface area contributed by atoms with E-state index in [1.165, 1.54) is 19.3 Å². The van der Waals surface area contributed by atoms with Crippen LogP contribution in [0.3, 0.4) is 0 Å². The van der Waals surface area contributed by atoms with Crippen LogP contribution in [0.5, 0.6) is 0 Å². The van der Waals surface area contributed by atoms with Gasteiger partial charge in [0, 0.05) is 12.1 Å². The number of piperidine rings is 1. The number of hydrogen-bond acceptors (Lipinski definition) is 1. The smallest absolute Gasteiger partial charge is 0.00412 e. The lowest BCUT2D eigenvalue weighted by Gasteiger charge is -2.25. The topological polar surface area (TPSA) is 12.0 Å². The predicted molar refractivity (Wildman–Crippen MR) is 35.9 cm³/mol. The Kier molecular flexibility index (Phi) is 1.90. The van der Waals surface area contributed by atoms with Crippen LogP contribution in [0.25, 0.3) is 0 Å². The van der Waals surface area contributed by atoms with E-state index in [1.54, 1.807) is 0 Å². The lowest BCUT2D eigenvalue weighted by atomic mass is 10.0. The molecule has 0 aliphatic carbocycles. The Balaban J connectivity index is 2.23. The molecule has 1 saturated heterocycles. The van der Waals surface area contributed by atoms with Crippen LogP contribution in [-0.4, -0.2) is 12.1 Å². The zero-order valence-corrected chi connectivity index (χ0v) is 5.78. The molecule has 48 valence electrons. The van der Waals surface area contributed by atoms with Crippen LogP contribution in [0.2, 0.25) is 0 Å². The first kappa shape index (κ1) is 6.09. The third kappa shape index (κ3) is 1.48. The maximum Gasteiger partial charge on any atom is 0.00412 e. The van der Waals surface area contributed by atoms with Crippen molar-refractivity contribution in [3.8, 4) is 0 Å². The SMILES string of the molecule is C[C@@H]1CCC[C@@H](C)N1. The van der Waals surface area contributed by atoms with Crippen molar-refractivity contribution >= 4 is 0 Å². The Labute approximate surface area is 51.5 Å². The predicted octanol–water partition coefficient (Wildman–Crippen LogP) is 1.54. The van der Waals surface area contributed by atoms with Crippen LogP contribution in [0.15, 0.2) is 0 Å². The van der Waals surface area contributed by atoms with Crippen LogP contribution in [0, 0.1) is 0 Å². The lowest BCUT2D eigenvalue weighted by molar-refractivity contribution is 0.352. The summed E-state index contributed by atoms with van der Waals surface area (Å²) in [7, 11) is 0. The maximum atomic E-state index is 3.48. The molecule has 1 aliphatic rings. The minimum Gasteiger partial charge on any atom is -0.312 e. The van der Waals surface area contributed by atoms with Gasteiger partial charge in [-0.3, -0.25) is 0 Å². The van der Waals surface area contributed by atoms with Gasteiger partial charge in [-0.05, 0) is 26.7 Å². The van der Waals surface area contributed by atoms with Crippen molar-refractivity contribution in [1.29, 1.82) is 0 Å². The molecule has 0 aromatic heterocycles. The second kappa shape index (κ2) is 2.49. The lowest BCUT2D eigenvalue weighted by Crippen LogP contribution is -2.38. The minimum absolute atomic E-state index is 0.763. The average molecular weight is 113 g/mol. The largest absolute Gasteiger partial charge is 0.312 e. The zero-order chi connectivity index (χ0) is 5.98. The Morgan fingerprint density at radius 3 is 1.88 bits per heavy atom. The average Bonchev–Trinajstić information content (AvgIpc) is 1.64. The molecule has 0 unspecified atom stereocenters. The molecule has 1 rings (SSSR count). The van der Waals surface area contributed by atoms with E-state index in [9.17, 15) is 0 Å². The van der Waals surface area contributed by atoms with E-state index in [0.29, 0.717) is 0 Å². The number of hydrogen-bond donors (Lipinski definition) is 1. The molecule has 8 heavy (non-hydrogen) atoms. The van der Waals surface area contributed by atoms with E-state index < -0.39 is 0 Å². The fourth-order valence-corrected chi connectivity index (χ4v) is 1.38. The van der Waals surface area contributed by atoms with E-state index in [-0.39, 0.29) is 0 Å². The summed E-state index contributed by atoms with van der Waals surface area (Å²) < 4.78 is 0. The van der Waals surface area contributed by atoms with Gasteiger partial charge < -0.3 is 5.32 Å². The molecule has 1 N–H and O–H groups in total. The van der Waals surface area contributed by atoms with Crippen LogP contribution in [0.1, 0.15) is 33.1 Å². The fraction of sp³-hybridized carbons (Fsp3) is 1.00. The van der Waals surface area contributed by atoms with Gasteiger partial charge in [0.05, 0.1) is 0 Å². The van der Waals surface area contributed by atoms with Gasteiger partial charge in [0.1, 0.15) is 0 Å². The first-order valence-electron chi connectivity index (χ1n) is 3.55. The summed E-state index contributed by atoms with van der Waals surface area (Å²) in [6, 6.07) is 1.53. The molecular weight excluding hydrogens is 98.1 g/mol. The van der Waals surface area contributed by atoms with Crippen molar-refractivity contribution in [2.45, 2.75) is 45.2 Å². The van der Waals surface area contributed by atoms with Crippen LogP contribution in [-0.2, 0) is 0 Å². The minimum atomic E-state index is 0.763. The Morgan fingerprint density at radius 2 is 1.62 bits per heavy atom. The van der Waals surface area contributed by atoms with Gasteiger partial charge in [-0.2, -0.15) is 0 Å². The molecule has 1 heterocycles. The number of nitrogens with one attached hydrogen (secondary N) is 1.